The first kappa shape index (κ1) is 15.8. The Morgan fingerprint density at radius 1 is 1.42 bits per heavy atom. The zero-order valence-electron chi connectivity index (χ0n) is 11.5. The molecule has 0 fully saturated rings. The first-order valence-electron chi connectivity index (χ1n) is 6.39. The molecule has 106 valence electrons. The van der Waals surface area contributed by atoms with Crippen LogP contribution in [0.2, 0.25) is 0 Å². The molecule has 0 radical (unpaired) electrons. The Bertz CT molecular complexity index is 423. The van der Waals surface area contributed by atoms with Gasteiger partial charge in [0, 0.05) is 11.8 Å². The fraction of sp³-hybridized carbons (Fsp3) is 0.500. The van der Waals surface area contributed by atoms with Crippen LogP contribution in [0.3, 0.4) is 0 Å². The van der Waals surface area contributed by atoms with Gasteiger partial charge in [0.1, 0.15) is 11.8 Å². The quantitative estimate of drug-likeness (QED) is 0.776. The molecule has 4 nitrogen and oxygen atoms in total. The van der Waals surface area contributed by atoms with Crippen LogP contribution in [0.4, 0.5) is 5.69 Å². The first-order valence-corrected chi connectivity index (χ1v) is 7.18. The van der Waals surface area contributed by atoms with E-state index in [2.05, 4.69) is 21.2 Å². The number of carbonyl (C=O) groups excluding carboxylic acids is 1. The van der Waals surface area contributed by atoms with E-state index >= 15 is 0 Å². The van der Waals surface area contributed by atoms with Crippen LogP contribution in [-0.4, -0.2) is 25.7 Å². The van der Waals surface area contributed by atoms with Crippen molar-refractivity contribution in [3.63, 3.8) is 0 Å². The second kappa shape index (κ2) is 8.04. The van der Waals surface area contributed by atoms with Crippen LogP contribution in [-0.2, 0) is 9.53 Å². The molecule has 1 aromatic carbocycles. The van der Waals surface area contributed by atoms with Gasteiger partial charge in [0.15, 0.2) is 0 Å². The van der Waals surface area contributed by atoms with Crippen molar-refractivity contribution in [2.45, 2.75) is 32.7 Å². The van der Waals surface area contributed by atoms with Crippen LogP contribution < -0.4 is 10.1 Å². The topological polar surface area (TPSA) is 47.6 Å². The molecule has 5 heteroatoms. The molecule has 0 bridgehead atoms. The van der Waals surface area contributed by atoms with Crippen molar-refractivity contribution in [3.05, 3.63) is 22.7 Å². The smallest absolute Gasteiger partial charge is 0.328 e. The van der Waals surface area contributed by atoms with E-state index in [1.165, 1.54) is 0 Å². The van der Waals surface area contributed by atoms with Crippen LogP contribution in [0, 0.1) is 0 Å². The van der Waals surface area contributed by atoms with Crippen molar-refractivity contribution in [2.24, 2.45) is 0 Å². The van der Waals surface area contributed by atoms with Crippen LogP contribution in [0.1, 0.15) is 26.7 Å². The minimum Gasteiger partial charge on any atom is -0.495 e. The highest BCUT2D eigenvalue weighted by molar-refractivity contribution is 9.10. The lowest BCUT2D eigenvalue weighted by atomic mass is 10.1. The summed E-state index contributed by atoms with van der Waals surface area (Å²) >= 11 is 3.40. The van der Waals surface area contributed by atoms with Gasteiger partial charge < -0.3 is 14.8 Å². The number of rotatable bonds is 7. The van der Waals surface area contributed by atoms with Gasteiger partial charge >= 0.3 is 5.97 Å². The summed E-state index contributed by atoms with van der Waals surface area (Å²) in [6.45, 7) is 4.24. The Morgan fingerprint density at radius 2 is 2.16 bits per heavy atom. The van der Waals surface area contributed by atoms with E-state index in [-0.39, 0.29) is 12.0 Å². The number of nitrogens with one attached hydrogen (secondary N) is 1. The fourth-order valence-corrected chi connectivity index (χ4v) is 2.14. The molecule has 0 aliphatic rings. The summed E-state index contributed by atoms with van der Waals surface area (Å²) in [6, 6.07) is 5.31. The molecule has 0 spiro atoms. The predicted octanol–water partition coefficient (Wildman–Crippen LogP) is 3.60. The van der Waals surface area contributed by atoms with Gasteiger partial charge in [-0.25, -0.2) is 4.79 Å². The number of carbonyl (C=O) groups is 1. The first-order chi connectivity index (χ1) is 9.12. The van der Waals surface area contributed by atoms with E-state index in [9.17, 15) is 4.79 Å². The Hall–Kier alpha value is -1.23. The van der Waals surface area contributed by atoms with Crippen molar-refractivity contribution in [1.82, 2.24) is 0 Å². The molecule has 0 saturated carbocycles. The normalized spacial score (nSPS) is 11.8. The van der Waals surface area contributed by atoms with Crippen molar-refractivity contribution < 1.29 is 14.3 Å². The summed E-state index contributed by atoms with van der Waals surface area (Å²) in [5.41, 5.74) is 0.839. The average Bonchev–Trinajstić information content (AvgIpc) is 2.40. The maximum atomic E-state index is 11.8. The zero-order chi connectivity index (χ0) is 14.3. The average molecular weight is 330 g/mol. The van der Waals surface area contributed by atoms with Crippen LogP contribution in [0.5, 0.6) is 5.75 Å². The van der Waals surface area contributed by atoms with Crippen molar-refractivity contribution in [3.8, 4) is 5.75 Å². The van der Waals surface area contributed by atoms with Gasteiger partial charge in [0.2, 0.25) is 0 Å². The number of esters is 1. The molecular formula is C14H20BrNO3. The van der Waals surface area contributed by atoms with Gasteiger partial charge in [-0.3, -0.25) is 0 Å². The number of hydrogen-bond acceptors (Lipinski definition) is 4. The highest BCUT2D eigenvalue weighted by Gasteiger charge is 2.18. The summed E-state index contributed by atoms with van der Waals surface area (Å²) in [5.74, 6) is 0.510. The molecule has 1 N–H and O–H groups in total. The molecule has 0 aromatic heterocycles. The summed E-state index contributed by atoms with van der Waals surface area (Å²) in [5, 5.41) is 3.19. The Balaban J connectivity index is 2.81. The van der Waals surface area contributed by atoms with Gasteiger partial charge in [-0.15, -0.1) is 0 Å². The van der Waals surface area contributed by atoms with E-state index in [0.29, 0.717) is 6.61 Å². The molecule has 0 aliphatic carbocycles. The van der Waals surface area contributed by atoms with E-state index in [1.807, 2.05) is 32.0 Å². The number of hydrogen-bond donors (Lipinski definition) is 1. The molecule has 1 aromatic rings. The molecule has 1 atom stereocenters. The number of ether oxygens (including phenoxy) is 2. The lowest BCUT2D eigenvalue weighted by Crippen LogP contribution is -2.31. The number of benzene rings is 1. The molecule has 0 saturated heterocycles. The third-order valence-corrected chi connectivity index (χ3v) is 3.30. The lowest BCUT2D eigenvalue weighted by molar-refractivity contribution is -0.144. The van der Waals surface area contributed by atoms with Gasteiger partial charge in [0.05, 0.1) is 18.2 Å². The van der Waals surface area contributed by atoms with Crippen molar-refractivity contribution in [2.75, 3.05) is 19.0 Å². The molecule has 0 aliphatic heterocycles. The van der Waals surface area contributed by atoms with Gasteiger partial charge in [-0.05, 0) is 41.4 Å². The van der Waals surface area contributed by atoms with E-state index in [0.717, 1.165) is 28.8 Å². The molecule has 19 heavy (non-hydrogen) atoms. The van der Waals surface area contributed by atoms with Crippen LogP contribution in [0.25, 0.3) is 0 Å². The number of halogens is 1. The maximum absolute atomic E-state index is 11.8. The minimum atomic E-state index is -0.323. The monoisotopic (exact) mass is 329 g/mol. The maximum Gasteiger partial charge on any atom is 0.328 e. The molecule has 1 unspecified atom stereocenters. The van der Waals surface area contributed by atoms with E-state index in [1.54, 1.807) is 7.11 Å². The van der Waals surface area contributed by atoms with Gasteiger partial charge in [-0.2, -0.15) is 0 Å². The molecule has 0 amide bonds. The number of anilines is 1. The second-order valence-electron chi connectivity index (χ2n) is 4.09. The standard InChI is InChI=1S/C14H20BrNO3/c1-4-6-12(14(17)19-5-2)16-10-7-8-11(15)13(9-10)18-3/h7-9,12,16H,4-6H2,1-3H3. The lowest BCUT2D eigenvalue weighted by Gasteiger charge is -2.18. The molecule has 1 rings (SSSR count). The number of methoxy groups -OCH3 is 1. The third kappa shape index (κ3) is 4.74. The summed E-state index contributed by atoms with van der Waals surface area (Å²) in [4.78, 5) is 11.8. The van der Waals surface area contributed by atoms with Gasteiger partial charge in [0.25, 0.3) is 0 Å². The Kier molecular flexibility index (Phi) is 6.70. The fourth-order valence-electron chi connectivity index (χ4n) is 1.73. The summed E-state index contributed by atoms with van der Waals surface area (Å²) in [7, 11) is 1.61. The largest absolute Gasteiger partial charge is 0.495 e. The highest BCUT2D eigenvalue weighted by atomic mass is 79.9. The van der Waals surface area contributed by atoms with E-state index in [4.69, 9.17) is 9.47 Å². The Labute approximate surface area is 122 Å². The second-order valence-corrected chi connectivity index (χ2v) is 4.94. The Morgan fingerprint density at radius 3 is 2.74 bits per heavy atom. The summed E-state index contributed by atoms with van der Waals surface area (Å²) < 4.78 is 11.2. The van der Waals surface area contributed by atoms with Crippen LogP contribution in [0.15, 0.2) is 22.7 Å². The van der Waals surface area contributed by atoms with Crippen molar-refractivity contribution >= 4 is 27.6 Å². The predicted molar refractivity (Wildman–Crippen MR) is 79.6 cm³/mol. The molecule has 0 heterocycles. The highest BCUT2D eigenvalue weighted by Crippen LogP contribution is 2.28. The van der Waals surface area contributed by atoms with Crippen LogP contribution >= 0.6 is 15.9 Å². The SMILES string of the molecule is CCCC(Nc1ccc(Br)c(OC)c1)C(=O)OCC. The van der Waals surface area contributed by atoms with Crippen molar-refractivity contribution in [1.29, 1.82) is 0 Å². The summed E-state index contributed by atoms with van der Waals surface area (Å²) in [6.07, 6.45) is 1.64. The molecular weight excluding hydrogens is 310 g/mol. The van der Waals surface area contributed by atoms with E-state index < -0.39 is 0 Å². The minimum absolute atomic E-state index is 0.216. The van der Waals surface area contributed by atoms with Gasteiger partial charge in [-0.1, -0.05) is 13.3 Å². The third-order valence-electron chi connectivity index (χ3n) is 2.64. The zero-order valence-corrected chi connectivity index (χ0v) is 13.1.